The van der Waals surface area contributed by atoms with Gasteiger partial charge in [0.1, 0.15) is 18.0 Å². The van der Waals surface area contributed by atoms with E-state index in [9.17, 15) is 13.6 Å². The molecule has 26 heavy (non-hydrogen) atoms. The van der Waals surface area contributed by atoms with Crippen LogP contribution >= 0.6 is 12.4 Å². The number of ether oxygens (including phenoxy) is 1. The summed E-state index contributed by atoms with van der Waals surface area (Å²) < 4.78 is 34.1. The van der Waals surface area contributed by atoms with Crippen LogP contribution in [0.3, 0.4) is 0 Å². The number of halogens is 3. The smallest absolute Gasteiger partial charge is 0.236 e. The third kappa shape index (κ3) is 4.96. The quantitative estimate of drug-likeness (QED) is 0.811. The van der Waals surface area contributed by atoms with Gasteiger partial charge in [0.2, 0.25) is 5.91 Å². The Hall–Kier alpha value is -1.64. The Labute approximate surface area is 158 Å². The SMILES string of the molecule is CN1CCN(CCOc2cc(F)c(N3CCNCC3)c(F)c2)C(=O)C1.Cl. The fraction of sp³-hybridized carbons (Fsp3) is 0.588. The molecule has 0 aliphatic carbocycles. The Balaban J connectivity index is 0.00000243. The van der Waals surface area contributed by atoms with E-state index in [2.05, 4.69) is 5.32 Å². The molecule has 2 aliphatic rings. The van der Waals surface area contributed by atoms with Crippen LogP contribution in [0, 0.1) is 11.6 Å². The number of nitrogens with zero attached hydrogens (tertiary/aromatic N) is 3. The van der Waals surface area contributed by atoms with Crippen molar-refractivity contribution in [1.82, 2.24) is 15.1 Å². The molecule has 1 N–H and O–H groups in total. The number of amides is 1. The van der Waals surface area contributed by atoms with Gasteiger partial charge in [-0.3, -0.25) is 9.69 Å². The van der Waals surface area contributed by atoms with Crippen molar-refractivity contribution in [2.45, 2.75) is 0 Å². The van der Waals surface area contributed by atoms with E-state index in [1.165, 1.54) is 12.1 Å². The topological polar surface area (TPSA) is 48.1 Å². The van der Waals surface area contributed by atoms with Crippen molar-refractivity contribution in [3.63, 3.8) is 0 Å². The Kier molecular flexibility index (Phi) is 7.43. The minimum atomic E-state index is -0.618. The van der Waals surface area contributed by atoms with Gasteiger partial charge < -0.3 is 19.9 Å². The minimum Gasteiger partial charge on any atom is -0.492 e. The standard InChI is InChI=1S/C17H24F2N4O2.ClH/c1-21-6-7-22(16(24)12-21)8-9-25-13-10-14(18)17(15(19)11-13)23-4-2-20-3-5-23;/h10-11,20H,2-9,12H2,1H3;1H. The second-order valence-electron chi connectivity index (χ2n) is 6.44. The van der Waals surface area contributed by atoms with Gasteiger partial charge in [-0.25, -0.2) is 8.78 Å². The van der Waals surface area contributed by atoms with E-state index in [0.29, 0.717) is 45.8 Å². The molecule has 2 heterocycles. The predicted molar refractivity (Wildman–Crippen MR) is 98.3 cm³/mol. The van der Waals surface area contributed by atoms with E-state index in [1.54, 1.807) is 9.80 Å². The summed E-state index contributed by atoms with van der Waals surface area (Å²) >= 11 is 0. The lowest BCUT2D eigenvalue weighted by Gasteiger charge is -2.32. The number of hydrogen-bond donors (Lipinski definition) is 1. The molecule has 1 amide bonds. The van der Waals surface area contributed by atoms with Crippen molar-refractivity contribution in [2.24, 2.45) is 0 Å². The number of hydrogen-bond acceptors (Lipinski definition) is 5. The molecule has 2 aliphatic heterocycles. The van der Waals surface area contributed by atoms with Gasteiger partial charge in [-0.1, -0.05) is 0 Å². The Morgan fingerprint density at radius 3 is 2.38 bits per heavy atom. The molecule has 9 heteroatoms. The Morgan fingerprint density at radius 2 is 1.77 bits per heavy atom. The number of carbonyl (C=O) groups excluding carboxylic acids is 1. The van der Waals surface area contributed by atoms with Gasteiger partial charge in [-0.15, -0.1) is 12.4 Å². The van der Waals surface area contributed by atoms with Gasteiger partial charge in [-0.05, 0) is 7.05 Å². The molecule has 0 unspecified atom stereocenters. The normalized spacial score (nSPS) is 18.7. The van der Waals surface area contributed by atoms with E-state index < -0.39 is 11.6 Å². The largest absolute Gasteiger partial charge is 0.492 e. The first-order valence-electron chi connectivity index (χ1n) is 8.58. The molecule has 1 aromatic rings. The van der Waals surface area contributed by atoms with Crippen LogP contribution in [0.15, 0.2) is 12.1 Å². The summed E-state index contributed by atoms with van der Waals surface area (Å²) in [6, 6.07) is 2.43. The third-order valence-electron chi connectivity index (χ3n) is 4.56. The minimum absolute atomic E-state index is 0. The molecule has 6 nitrogen and oxygen atoms in total. The number of nitrogens with one attached hydrogen (secondary N) is 1. The van der Waals surface area contributed by atoms with E-state index in [4.69, 9.17) is 4.74 Å². The van der Waals surface area contributed by atoms with Crippen LogP contribution in [-0.2, 0) is 4.79 Å². The van der Waals surface area contributed by atoms with Crippen LogP contribution in [0.2, 0.25) is 0 Å². The van der Waals surface area contributed by atoms with Gasteiger partial charge in [0.05, 0.1) is 13.1 Å². The van der Waals surface area contributed by atoms with E-state index in [-0.39, 0.29) is 36.4 Å². The average Bonchev–Trinajstić information content (AvgIpc) is 2.57. The molecule has 2 saturated heterocycles. The zero-order valence-electron chi connectivity index (χ0n) is 14.8. The lowest BCUT2D eigenvalue weighted by atomic mass is 10.2. The number of likely N-dealkylation sites (N-methyl/N-ethyl adjacent to an activating group) is 1. The number of anilines is 1. The fourth-order valence-electron chi connectivity index (χ4n) is 3.15. The van der Waals surface area contributed by atoms with Gasteiger partial charge in [0.15, 0.2) is 11.6 Å². The van der Waals surface area contributed by atoms with Gasteiger partial charge in [0.25, 0.3) is 0 Å². The first-order valence-corrected chi connectivity index (χ1v) is 8.58. The zero-order valence-corrected chi connectivity index (χ0v) is 15.7. The number of piperazine rings is 2. The van der Waals surface area contributed by atoms with Crippen molar-refractivity contribution in [1.29, 1.82) is 0 Å². The number of benzene rings is 1. The van der Waals surface area contributed by atoms with Crippen molar-refractivity contribution in [3.8, 4) is 5.75 Å². The van der Waals surface area contributed by atoms with Crippen molar-refractivity contribution < 1.29 is 18.3 Å². The molecule has 0 spiro atoms. The van der Waals surface area contributed by atoms with Gasteiger partial charge >= 0.3 is 0 Å². The highest BCUT2D eigenvalue weighted by atomic mass is 35.5. The number of carbonyl (C=O) groups is 1. The monoisotopic (exact) mass is 390 g/mol. The molecule has 2 fully saturated rings. The molecule has 0 radical (unpaired) electrons. The summed E-state index contributed by atoms with van der Waals surface area (Å²) in [5, 5.41) is 3.15. The molecule has 1 aromatic carbocycles. The van der Waals surface area contributed by atoms with Crippen LogP contribution in [0.4, 0.5) is 14.5 Å². The molecular formula is C17H25ClF2N4O2. The summed E-state index contributed by atoms with van der Waals surface area (Å²) in [5.41, 5.74) is 0.00287. The summed E-state index contributed by atoms with van der Waals surface area (Å²) in [4.78, 5) is 17.2. The molecule has 0 saturated carbocycles. The van der Waals surface area contributed by atoms with Crippen LogP contribution in [-0.4, -0.2) is 81.7 Å². The Bertz CT molecular complexity index is 606. The fourth-order valence-corrected chi connectivity index (χ4v) is 3.15. The highest BCUT2D eigenvalue weighted by Gasteiger charge is 2.22. The predicted octanol–water partition coefficient (Wildman–Crippen LogP) is 0.949. The summed E-state index contributed by atoms with van der Waals surface area (Å²) in [6.07, 6.45) is 0. The summed E-state index contributed by atoms with van der Waals surface area (Å²) in [5.74, 6) is -1.04. The summed E-state index contributed by atoms with van der Waals surface area (Å²) in [7, 11) is 1.90. The van der Waals surface area contributed by atoms with E-state index in [0.717, 1.165) is 6.54 Å². The first kappa shape index (κ1) is 20.7. The maximum Gasteiger partial charge on any atom is 0.236 e. The first-order chi connectivity index (χ1) is 12.0. The van der Waals surface area contributed by atoms with Crippen LogP contribution in [0.1, 0.15) is 0 Å². The Morgan fingerprint density at radius 1 is 1.12 bits per heavy atom. The second kappa shape index (κ2) is 9.34. The van der Waals surface area contributed by atoms with Crippen LogP contribution in [0.5, 0.6) is 5.75 Å². The lowest BCUT2D eigenvalue weighted by molar-refractivity contribution is -0.135. The molecule has 3 rings (SSSR count). The van der Waals surface area contributed by atoms with Crippen LogP contribution < -0.4 is 15.0 Å². The van der Waals surface area contributed by atoms with Gasteiger partial charge in [-0.2, -0.15) is 0 Å². The molecule has 146 valence electrons. The summed E-state index contributed by atoms with van der Waals surface area (Å²) in [6.45, 7) is 5.02. The van der Waals surface area contributed by atoms with Crippen molar-refractivity contribution in [3.05, 3.63) is 23.8 Å². The van der Waals surface area contributed by atoms with E-state index in [1.807, 2.05) is 11.9 Å². The molecule has 0 aromatic heterocycles. The third-order valence-corrected chi connectivity index (χ3v) is 4.56. The van der Waals surface area contributed by atoms with E-state index >= 15 is 0 Å². The maximum atomic E-state index is 14.3. The molecule has 0 bridgehead atoms. The number of rotatable bonds is 5. The average molecular weight is 391 g/mol. The zero-order chi connectivity index (χ0) is 17.8. The second-order valence-corrected chi connectivity index (χ2v) is 6.44. The van der Waals surface area contributed by atoms with Crippen molar-refractivity contribution >= 4 is 24.0 Å². The lowest BCUT2D eigenvalue weighted by Crippen LogP contribution is -2.49. The molecular weight excluding hydrogens is 366 g/mol. The van der Waals surface area contributed by atoms with Gasteiger partial charge in [0, 0.05) is 51.4 Å². The highest BCUT2D eigenvalue weighted by molar-refractivity contribution is 5.85. The molecule has 0 atom stereocenters. The highest BCUT2D eigenvalue weighted by Crippen LogP contribution is 2.28. The maximum absolute atomic E-state index is 14.3. The van der Waals surface area contributed by atoms with Crippen LogP contribution in [0.25, 0.3) is 0 Å². The van der Waals surface area contributed by atoms with Crippen molar-refractivity contribution in [2.75, 3.05) is 70.9 Å².